The molecule has 0 bridgehead atoms. The number of rotatable bonds is 4. The number of halogens is 1. The van der Waals surface area contributed by atoms with E-state index in [0.29, 0.717) is 6.04 Å². The molecule has 0 aromatic carbocycles. The van der Waals surface area contributed by atoms with E-state index in [9.17, 15) is 0 Å². The number of anilines is 1. The van der Waals surface area contributed by atoms with Crippen molar-refractivity contribution >= 4 is 44.2 Å². The Hall–Kier alpha value is 0.190. The molecular weight excluding hydrogens is 294 g/mol. The van der Waals surface area contributed by atoms with Gasteiger partial charge < -0.3 is 5.32 Å². The zero-order valence-corrected chi connectivity index (χ0v) is 11.8. The van der Waals surface area contributed by atoms with Crippen LogP contribution in [0.15, 0.2) is 3.92 Å². The summed E-state index contributed by atoms with van der Waals surface area (Å²) in [5.74, 6) is 1.22. The molecule has 1 saturated carbocycles. The van der Waals surface area contributed by atoms with Crippen molar-refractivity contribution in [3.8, 4) is 0 Å². The molecule has 1 fully saturated rings. The van der Waals surface area contributed by atoms with E-state index in [1.165, 1.54) is 25.0 Å². The molecule has 0 radical (unpaired) electrons. The molecular formula is C9H14BrN3S2. The molecule has 1 aliphatic rings. The van der Waals surface area contributed by atoms with Crippen molar-refractivity contribution in [2.75, 3.05) is 11.1 Å². The van der Waals surface area contributed by atoms with Crippen molar-refractivity contribution in [3.63, 3.8) is 0 Å². The summed E-state index contributed by atoms with van der Waals surface area (Å²) >= 11 is 6.96. The van der Waals surface area contributed by atoms with Gasteiger partial charge in [-0.1, -0.05) is 18.3 Å². The minimum atomic E-state index is 0.592. The number of hydrogen-bond acceptors (Lipinski definition) is 5. The second kappa shape index (κ2) is 5.50. The van der Waals surface area contributed by atoms with Crippen molar-refractivity contribution in [2.24, 2.45) is 0 Å². The SMILES string of the molecule is CCSC1CCC(Nc2nnc(Br)s2)C1. The van der Waals surface area contributed by atoms with Crippen LogP contribution in [-0.4, -0.2) is 27.2 Å². The van der Waals surface area contributed by atoms with Crippen LogP contribution in [0.5, 0.6) is 0 Å². The van der Waals surface area contributed by atoms with Crippen LogP contribution in [0.4, 0.5) is 5.13 Å². The predicted octanol–water partition coefficient (Wildman–Crippen LogP) is 3.39. The van der Waals surface area contributed by atoms with Crippen molar-refractivity contribution in [1.82, 2.24) is 10.2 Å². The lowest BCUT2D eigenvalue weighted by Crippen LogP contribution is -2.15. The Labute approximate surface area is 107 Å². The Balaban J connectivity index is 1.82. The van der Waals surface area contributed by atoms with E-state index in [2.05, 4.69) is 50.1 Å². The zero-order valence-electron chi connectivity index (χ0n) is 8.57. The van der Waals surface area contributed by atoms with Gasteiger partial charge in [0.05, 0.1) is 0 Å². The molecule has 2 atom stereocenters. The number of thioether (sulfide) groups is 1. The first-order valence-corrected chi connectivity index (χ1v) is 7.81. The molecule has 1 heterocycles. The van der Waals surface area contributed by atoms with Gasteiger partial charge >= 0.3 is 0 Å². The number of aromatic nitrogens is 2. The third-order valence-corrected chi connectivity index (χ3v) is 5.03. The largest absolute Gasteiger partial charge is 0.357 e. The first-order valence-electron chi connectivity index (χ1n) is 5.15. The van der Waals surface area contributed by atoms with Gasteiger partial charge in [-0.25, -0.2) is 0 Å². The van der Waals surface area contributed by atoms with Crippen LogP contribution < -0.4 is 5.32 Å². The van der Waals surface area contributed by atoms with Gasteiger partial charge in [0.1, 0.15) is 0 Å². The minimum absolute atomic E-state index is 0.592. The van der Waals surface area contributed by atoms with Gasteiger partial charge in [-0.2, -0.15) is 11.8 Å². The standard InChI is InChI=1S/C9H14BrN3S2/c1-2-14-7-4-3-6(5-7)11-9-13-12-8(10)15-9/h6-7H,2-5H2,1H3,(H,11,13). The van der Waals surface area contributed by atoms with Crippen molar-refractivity contribution in [2.45, 2.75) is 37.5 Å². The summed E-state index contributed by atoms with van der Waals surface area (Å²) in [6.45, 7) is 2.23. The molecule has 1 aliphatic carbocycles. The molecule has 0 spiro atoms. The highest BCUT2D eigenvalue weighted by Crippen LogP contribution is 2.32. The van der Waals surface area contributed by atoms with E-state index in [1.54, 1.807) is 11.3 Å². The monoisotopic (exact) mass is 307 g/mol. The van der Waals surface area contributed by atoms with Gasteiger partial charge in [0, 0.05) is 11.3 Å². The van der Waals surface area contributed by atoms with Crippen LogP contribution in [0.25, 0.3) is 0 Å². The molecule has 6 heteroatoms. The smallest absolute Gasteiger partial charge is 0.206 e. The zero-order chi connectivity index (χ0) is 10.7. The maximum atomic E-state index is 4.05. The number of hydrogen-bond donors (Lipinski definition) is 1. The van der Waals surface area contributed by atoms with Crippen molar-refractivity contribution in [3.05, 3.63) is 3.92 Å². The molecule has 2 unspecified atom stereocenters. The van der Waals surface area contributed by atoms with E-state index in [1.807, 2.05) is 0 Å². The van der Waals surface area contributed by atoms with Crippen molar-refractivity contribution in [1.29, 1.82) is 0 Å². The lowest BCUT2D eigenvalue weighted by atomic mass is 10.3. The summed E-state index contributed by atoms with van der Waals surface area (Å²) in [6, 6.07) is 0.592. The second-order valence-electron chi connectivity index (χ2n) is 3.59. The minimum Gasteiger partial charge on any atom is -0.357 e. The van der Waals surface area contributed by atoms with Gasteiger partial charge in [0.15, 0.2) is 3.92 Å². The lowest BCUT2D eigenvalue weighted by molar-refractivity contribution is 0.753. The first kappa shape index (κ1) is 11.7. The molecule has 1 N–H and O–H groups in total. The van der Waals surface area contributed by atoms with Gasteiger partial charge in [-0.3, -0.25) is 0 Å². The Bertz CT molecular complexity index is 318. The molecule has 2 rings (SSSR count). The average Bonchev–Trinajstić information content (AvgIpc) is 2.78. The van der Waals surface area contributed by atoms with Gasteiger partial charge in [-0.05, 0) is 40.9 Å². The van der Waals surface area contributed by atoms with Crippen LogP contribution in [0.2, 0.25) is 0 Å². The highest BCUT2D eigenvalue weighted by molar-refractivity contribution is 9.11. The Morgan fingerprint density at radius 1 is 1.53 bits per heavy atom. The van der Waals surface area contributed by atoms with Gasteiger partial charge in [0.25, 0.3) is 0 Å². The van der Waals surface area contributed by atoms with E-state index >= 15 is 0 Å². The maximum Gasteiger partial charge on any atom is 0.206 e. The highest BCUT2D eigenvalue weighted by atomic mass is 79.9. The summed E-state index contributed by atoms with van der Waals surface area (Å²) in [7, 11) is 0. The third-order valence-electron chi connectivity index (χ3n) is 2.51. The van der Waals surface area contributed by atoms with Crippen LogP contribution in [-0.2, 0) is 0 Å². The molecule has 3 nitrogen and oxygen atoms in total. The maximum absolute atomic E-state index is 4.05. The fraction of sp³-hybridized carbons (Fsp3) is 0.778. The van der Waals surface area contributed by atoms with Crippen LogP contribution >= 0.6 is 39.0 Å². The van der Waals surface area contributed by atoms with E-state index in [0.717, 1.165) is 14.3 Å². The summed E-state index contributed by atoms with van der Waals surface area (Å²) in [6.07, 6.45) is 3.85. The van der Waals surface area contributed by atoms with E-state index < -0.39 is 0 Å². The normalized spacial score (nSPS) is 25.7. The molecule has 1 aromatic rings. The van der Waals surface area contributed by atoms with Gasteiger partial charge in [0.2, 0.25) is 5.13 Å². The quantitative estimate of drug-likeness (QED) is 0.925. The molecule has 0 amide bonds. The first-order chi connectivity index (χ1) is 7.28. The summed E-state index contributed by atoms with van der Waals surface area (Å²) in [5.41, 5.74) is 0. The average molecular weight is 308 g/mol. The van der Waals surface area contributed by atoms with Crippen molar-refractivity contribution < 1.29 is 0 Å². The van der Waals surface area contributed by atoms with Crippen LogP contribution in [0.1, 0.15) is 26.2 Å². The third kappa shape index (κ3) is 3.32. The summed E-state index contributed by atoms with van der Waals surface area (Å²) in [4.78, 5) is 0. The molecule has 15 heavy (non-hydrogen) atoms. The molecule has 84 valence electrons. The Kier molecular flexibility index (Phi) is 4.28. The van der Waals surface area contributed by atoms with Crippen LogP contribution in [0.3, 0.4) is 0 Å². The van der Waals surface area contributed by atoms with Gasteiger partial charge in [-0.15, -0.1) is 10.2 Å². The Morgan fingerprint density at radius 2 is 2.40 bits per heavy atom. The fourth-order valence-electron chi connectivity index (χ4n) is 1.90. The number of nitrogens with one attached hydrogen (secondary N) is 1. The van der Waals surface area contributed by atoms with Crippen LogP contribution in [0, 0.1) is 0 Å². The fourth-order valence-corrected chi connectivity index (χ4v) is 4.13. The number of nitrogens with zero attached hydrogens (tertiary/aromatic N) is 2. The highest BCUT2D eigenvalue weighted by Gasteiger charge is 2.24. The lowest BCUT2D eigenvalue weighted by Gasteiger charge is -2.10. The summed E-state index contributed by atoms with van der Waals surface area (Å²) < 4.78 is 0.850. The topological polar surface area (TPSA) is 37.8 Å². The van der Waals surface area contributed by atoms with E-state index in [4.69, 9.17) is 0 Å². The molecule has 1 aromatic heterocycles. The van der Waals surface area contributed by atoms with E-state index in [-0.39, 0.29) is 0 Å². The molecule has 0 aliphatic heterocycles. The predicted molar refractivity (Wildman–Crippen MR) is 70.8 cm³/mol. The second-order valence-corrected chi connectivity index (χ2v) is 7.42. The molecule has 0 saturated heterocycles. The summed E-state index contributed by atoms with van der Waals surface area (Å²) in [5, 5.41) is 13.2. The Morgan fingerprint density at radius 3 is 3.07 bits per heavy atom.